The van der Waals surface area contributed by atoms with Crippen LogP contribution < -0.4 is 5.73 Å². The maximum atomic E-state index is 9.26. The van der Waals surface area contributed by atoms with Crippen molar-refractivity contribution in [3.05, 3.63) is 40.8 Å². The molecule has 0 aliphatic heterocycles. The van der Waals surface area contributed by atoms with Gasteiger partial charge in [0.2, 0.25) is 0 Å². The third kappa shape index (κ3) is 4.19. The summed E-state index contributed by atoms with van der Waals surface area (Å²) in [5, 5.41) is 9.26. The zero-order valence-electron chi connectivity index (χ0n) is 10.8. The highest BCUT2D eigenvalue weighted by Crippen LogP contribution is 2.31. The van der Waals surface area contributed by atoms with Crippen LogP contribution in [0.5, 0.6) is 0 Å². The van der Waals surface area contributed by atoms with E-state index in [1.165, 1.54) is 0 Å². The molecule has 0 radical (unpaired) electrons. The summed E-state index contributed by atoms with van der Waals surface area (Å²) in [5.74, 6) is 0.356. The normalized spacial score (nSPS) is 12.4. The topological polar surface area (TPSA) is 62.2 Å². The first-order chi connectivity index (χ1) is 8.99. The summed E-state index contributed by atoms with van der Waals surface area (Å²) in [6, 6.07) is 7.38. The molecule has 5 heteroatoms. The molecule has 0 aromatic heterocycles. The van der Waals surface area contributed by atoms with Crippen LogP contribution in [0.3, 0.4) is 0 Å². The van der Waals surface area contributed by atoms with E-state index in [1.54, 1.807) is 24.3 Å². The van der Waals surface area contributed by atoms with Crippen molar-refractivity contribution < 1.29 is 0 Å². The Morgan fingerprint density at radius 3 is 2.74 bits per heavy atom. The van der Waals surface area contributed by atoms with Crippen molar-refractivity contribution in [2.75, 3.05) is 5.73 Å². The van der Waals surface area contributed by atoms with Crippen molar-refractivity contribution >= 4 is 42.0 Å². The van der Waals surface area contributed by atoms with Gasteiger partial charge in [-0.25, -0.2) is 0 Å². The third-order valence-corrected chi connectivity index (χ3v) is 2.86. The molecule has 2 N–H and O–H groups in total. The molecule has 0 aliphatic rings. The number of allylic oxidation sites excluding steroid dienone is 3. The van der Waals surface area contributed by atoms with E-state index in [2.05, 4.69) is 35.5 Å². The minimum atomic E-state index is 0.356. The van der Waals surface area contributed by atoms with Gasteiger partial charge in [-0.05, 0) is 18.1 Å². The fourth-order valence-electron chi connectivity index (χ4n) is 1.58. The molecule has 19 heavy (non-hydrogen) atoms. The Bertz CT molecular complexity index is 581. The minimum Gasteiger partial charge on any atom is -0.396 e. The highest BCUT2D eigenvalue weighted by atomic mass is 32.1. The number of nitriles is 1. The van der Waals surface area contributed by atoms with Crippen LogP contribution in [-0.4, -0.2) is 0 Å². The van der Waals surface area contributed by atoms with Crippen LogP contribution in [0.1, 0.15) is 19.4 Å². The number of para-hydroxylation sites is 1. The van der Waals surface area contributed by atoms with E-state index in [0.29, 0.717) is 28.4 Å². The van der Waals surface area contributed by atoms with Gasteiger partial charge in [-0.3, -0.25) is 0 Å². The Kier molecular flexibility index (Phi) is 5.74. The summed E-state index contributed by atoms with van der Waals surface area (Å²) < 4.78 is 3.66. The molecule has 0 unspecified atom stereocenters. The first kappa shape index (κ1) is 15.4. The lowest BCUT2D eigenvalue weighted by Gasteiger charge is -2.06. The number of hydrogen-bond donors (Lipinski definition) is 2. The standard InChI is InChI=1S/C14H15N3S2/c1-9(2)6-11(18)7-10(8-15)12-4-3-5-13(17-19)14(12)16/h3-7,9,18H,16H2,1-2H3/b10-7+,11-6-. The van der Waals surface area contributed by atoms with Gasteiger partial charge < -0.3 is 5.73 Å². The maximum absolute atomic E-state index is 9.26. The van der Waals surface area contributed by atoms with Crippen molar-refractivity contribution in [2.45, 2.75) is 13.8 Å². The van der Waals surface area contributed by atoms with Crippen molar-refractivity contribution in [3.63, 3.8) is 0 Å². The van der Waals surface area contributed by atoms with Crippen LogP contribution >= 0.6 is 12.6 Å². The van der Waals surface area contributed by atoms with Crippen molar-refractivity contribution in [2.24, 2.45) is 10.3 Å². The number of anilines is 1. The lowest BCUT2D eigenvalue weighted by Crippen LogP contribution is -1.93. The Morgan fingerprint density at radius 2 is 2.21 bits per heavy atom. The summed E-state index contributed by atoms with van der Waals surface area (Å²) in [5.41, 5.74) is 7.93. The van der Waals surface area contributed by atoms with E-state index >= 15 is 0 Å². The Labute approximate surface area is 124 Å². The highest BCUT2D eigenvalue weighted by Gasteiger charge is 2.09. The Balaban J connectivity index is 3.30. The smallest absolute Gasteiger partial charge is 0.100 e. The molecule has 0 amide bonds. The fraction of sp³-hybridized carbons (Fsp3) is 0.214. The number of benzene rings is 1. The van der Waals surface area contributed by atoms with Crippen LogP contribution in [0.25, 0.3) is 5.57 Å². The van der Waals surface area contributed by atoms with E-state index in [0.717, 1.165) is 4.91 Å². The van der Waals surface area contributed by atoms with Crippen LogP contribution in [0.4, 0.5) is 11.4 Å². The molecule has 0 atom stereocenters. The summed E-state index contributed by atoms with van der Waals surface area (Å²) in [7, 11) is 0. The molecule has 0 fully saturated rings. The second-order valence-corrected chi connectivity index (χ2v) is 5.03. The molecule has 98 valence electrons. The van der Waals surface area contributed by atoms with Gasteiger partial charge >= 0.3 is 0 Å². The Hall–Kier alpha value is -1.64. The summed E-state index contributed by atoms with van der Waals surface area (Å²) in [6.45, 7) is 4.09. The summed E-state index contributed by atoms with van der Waals surface area (Å²) in [4.78, 5) is 0.728. The average Bonchev–Trinajstić information content (AvgIpc) is 2.35. The molecule has 0 bridgehead atoms. The third-order valence-electron chi connectivity index (χ3n) is 2.39. The van der Waals surface area contributed by atoms with Crippen LogP contribution in [-0.2, 0) is 12.4 Å². The van der Waals surface area contributed by atoms with Crippen molar-refractivity contribution in [1.82, 2.24) is 0 Å². The number of thiol groups is 1. The quantitative estimate of drug-likeness (QED) is 0.381. The predicted octanol–water partition coefficient (Wildman–Crippen LogP) is 4.01. The van der Waals surface area contributed by atoms with Crippen LogP contribution in [0, 0.1) is 17.2 Å². The van der Waals surface area contributed by atoms with E-state index in [4.69, 9.17) is 5.73 Å². The van der Waals surface area contributed by atoms with Gasteiger partial charge in [0.25, 0.3) is 0 Å². The van der Waals surface area contributed by atoms with Crippen molar-refractivity contribution in [3.8, 4) is 6.07 Å². The molecule has 0 aliphatic carbocycles. The second-order valence-electron chi connectivity index (χ2n) is 4.34. The van der Waals surface area contributed by atoms with Crippen LogP contribution in [0.15, 0.2) is 39.6 Å². The second kappa shape index (κ2) is 7.07. The van der Waals surface area contributed by atoms with Gasteiger partial charge in [0.05, 0.1) is 17.3 Å². The van der Waals surface area contributed by atoms with Crippen molar-refractivity contribution in [1.29, 1.82) is 5.26 Å². The lowest BCUT2D eigenvalue weighted by molar-refractivity contribution is 0.830. The van der Waals surface area contributed by atoms with E-state index in [-0.39, 0.29) is 0 Å². The minimum absolute atomic E-state index is 0.356. The predicted molar refractivity (Wildman–Crippen MR) is 85.8 cm³/mol. The van der Waals surface area contributed by atoms with E-state index in [9.17, 15) is 5.26 Å². The maximum Gasteiger partial charge on any atom is 0.100 e. The number of nitrogens with zero attached hydrogens (tertiary/aromatic N) is 2. The van der Waals surface area contributed by atoms with Gasteiger partial charge in [0.15, 0.2) is 0 Å². The molecular formula is C14H15N3S2. The summed E-state index contributed by atoms with van der Waals surface area (Å²) in [6.07, 6.45) is 3.65. The first-order valence-corrected chi connectivity index (χ1v) is 6.55. The summed E-state index contributed by atoms with van der Waals surface area (Å²) >= 11 is 8.99. The monoisotopic (exact) mass is 289 g/mol. The number of hydrogen-bond acceptors (Lipinski definition) is 5. The lowest BCUT2D eigenvalue weighted by atomic mass is 10.0. The van der Waals surface area contributed by atoms with E-state index in [1.807, 2.05) is 19.9 Å². The zero-order chi connectivity index (χ0) is 14.4. The zero-order valence-corrected chi connectivity index (χ0v) is 12.5. The Morgan fingerprint density at radius 1 is 1.53 bits per heavy atom. The van der Waals surface area contributed by atoms with Gasteiger partial charge in [-0.1, -0.05) is 32.1 Å². The number of nitrogen functional groups attached to an aromatic ring is 1. The largest absolute Gasteiger partial charge is 0.396 e. The number of rotatable bonds is 4. The van der Waals surface area contributed by atoms with Gasteiger partial charge in [0, 0.05) is 22.9 Å². The molecule has 3 nitrogen and oxygen atoms in total. The molecule has 0 spiro atoms. The molecule has 1 aromatic rings. The molecule has 1 rings (SSSR count). The molecule has 1 aromatic carbocycles. The molecule has 0 heterocycles. The van der Waals surface area contributed by atoms with Crippen LogP contribution in [0.2, 0.25) is 0 Å². The first-order valence-electron chi connectivity index (χ1n) is 5.74. The average molecular weight is 289 g/mol. The molecule has 0 saturated heterocycles. The highest BCUT2D eigenvalue weighted by molar-refractivity contribution is 7.84. The molecular weight excluding hydrogens is 274 g/mol. The fourth-order valence-corrected chi connectivity index (χ4v) is 2.16. The van der Waals surface area contributed by atoms with Gasteiger partial charge in [0.1, 0.15) is 5.69 Å². The van der Waals surface area contributed by atoms with E-state index < -0.39 is 0 Å². The SMILES string of the molecule is CC(C)/C=C(S)/C=C(\C#N)c1cccc(N=S)c1N. The van der Waals surface area contributed by atoms with Gasteiger partial charge in [-0.2, -0.15) is 9.62 Å². The number of nitrogens with two attached hydrogens (primary N) is 1. The van der Waals surface area contributed by atoms with Gasteiger partial charge in [-0.15, -0.1) is 12.6 Å². The molecule has 0 saturated carbocycles.